The van der Waals surface area contributed by atoms with Gasteiger partial charge in [0.2, 0.25) is 5.82 Å². The largest absolute Gasteiger partial charge is 0.392 e. The molecule has 0 aromatic carbocycles. The maximum Gasteiger partial charge on any atom is 0.291 e. The van der Waals surface area contributed by atoms with E-state index in [4.69, 9.17) is 0 Å². The molecule has 1 aliphatic carbocycles. The number of nitrogens with zero attached hydrogens (tertiary/aromatic N) is 4. The molecule has 2 atom stereocenters. The fraction of sp³-hybridized carbons (Fsp3) is 0.529. The van der Waals surface area contributed by atoms with Crippen molar-refractivity contribution in [1.82, 2.24) is 24.9 Å². The first-order chi connectivity index (χ1) is 11.9. The van der Waals surface area contributed by atoms with Crippen molar-refractivity contribution in [3.63, 3.8) is 0 Å². The second-order valence-electron chi connectivity index (χ2n) is 6.92. The molecule has 0 saturated carbocycles. The lowest BCUT2D eigenvalue weighted by Gasteiger charge is -2.17. The third-order valence-electron chi connectivity index (χ3n) is 4.65. The number of fused-ring (bicyclic) bond motifs is 5. The highest BCUT2D eigenvalue weighted by Gasteiger charge is 2.25. The van der Waals surface area contributed by atoms with Crippen LogP contribution in [-0.4, -0.2) is 43.2 Å². The van der Waals surface area contributed by atoms with Gasteiger partial charge < -0.3 is 10.4 Å². The molecule has 25 heavy (non-hydrogen) atoms. The Labute approximate surface area is 149 Å². The zero-order chi connectivity index (χ0) is 17.7. The van der Waals surface area contributed by atoms with Gasteiger partial charge in [-0.15, -0.1) is 16.4 Å². The van der Waals surface area contributed by atoms with Gasteiger partial charge in [-0.2, -0.15) is 4.52 Å². The van der Waals surface area contributed by atoms with Crippen molar-refractivity contribution in [3.05, 3.63) is 22.1 Å². The molecular formula is C17H21N5O2S. The topological polar surface area (TPSA) is 92.4 Å². The molecule has 0 aliphatic heterocycles. The molecule has 2 N–H and O–H groups in total. The molecule has 3 aromatic rings. The van der Waals surface area contributed by atoms with E-state index in [1.807, 2.05) is 6.92 Å². The van der Waals surface area contributed by atoms with Gasteiger partial charge in [0.25, 0.3) is 5.91 Å². The third-order valence-corrected chi connectivity index (χ3v) is 5.84. The van der Waals surface area contributed by atoms with Crippen molar-refractivity contribution < 1.29 is 9.90 Å². The van der Waals surface area contributed by atoms with E-state index in [0.717, 1.165) is 28.9 Å². The first-order valence-electron chi connectivity index (χ1n) is 8.58. The zero-order valence-corrected chi connectivity index (χ0v) is 15.4. The van der Waals surface area contributed by atoms with E-state index in [1.54, 1.807) is 22.8 Å². The number of thiophene rings is 1. The Hall–Kier alpha value is -2.06. The van der Waals surface area contributed by atoms with E-state index < -0.39 is 6.10 Å². The van der Waals surface area contributed by atoms with Gasteiger partial charge >= 0.3 is 0 Å². The van der Waals surface area contributed by atoms with E-state index in [2.05, 4.69) is 27.3 Å². The van der Waals surface area contributed by atoms with Crippen LogP contribution >= 0.6 is 11.3 Å². The number of hydrogen-bond acceptors (Lipinski definition) is 6. The normalized spacial score (nSPS) is 18.5. The van der Waals surface area contributed by atoms with E-state index in [0.29, 0.717) is 11.6 Å². The molecule has 8 heteroatoms. The standard InChI is InChI=1S/C17H21N5O2S/c1-8-4-5-12-11(6-8)13-15-20-14(16(24)18-7-9(2)23)21-22(15)10(3)19-17(13)25-12/h8-9,23H,4-7H2,1-3H3,(H,18,24). The summed E-state index contributed by atoms with van der Waals surface area (Å²) in [5.41, 5.74) is 2.02. The van der Waals surface area contributed by atoms with Gasteiger partial charge in [0.05, 0.1) is 11.5 Å². The number of carbonyl (C=O) groups excluding carboxylic acids is 1. The van der Waals surface area contributed by atoms with Crippen molar-refractivity contribution in [2.45, 2.75) is 46.1 Å². The first-order valence-corrected chi connectivity index (χ1v) is 9.39. The average Bonchev–Trinajstić information content (AvgIpc) is 3.13. The van der Waals surface area contributed by atoms with Crippen molar-refractivity contribution in [2.75, 3.05) is 6.54 Å². The molecule has 1 amide bonds. The second kappa shape index (κ2) is 6.03. The minimum absolute atomic E-state index is 0.113. The number of aromatic nitrogens is 4. The molecule has 4 rings (SSSR count). The van der Waals surface area contributed by atoms with Gasteiger partial charge in [-0.05, 0) is 44.6 Å². The van der Waals surface area contributed by atoms with E-state index in [9.17, 15) is 9.90 Å². The van der Waals surface area contributed by atoms with E-state index in [-0.39, 0.29) is 18.3 Å². The summed E-state index contributed by atoms with van der Waals surface area (Å²) in [4.78, 5) is 23.8. The SMILES string of the molecule is Cc1nc2sc3c(c2c2nc(C(=O)NCC(C)O)nn12)CC(C)CC3. The lowest BCUT2D eigenvalue weighted by atomic mass is 9.89. The van der Waals surface area contributed by atoms with Crippen molar-refractivity contribution >= 4 is 33.1 Å². The smallest absolute Gasteiger partial charge is 0.291 e. The van der Waals surface area contributed by atoms with Gasteiger partial charge in [-0.1, -0.05) is 6.92 Å². The van der Waals surface area contributed by atoms with E-state index >= 15 is 0 Å². The molecule has 7 nitrogen and oxygen atoms in total. The van der Waals surface area contributed by atoms with Crippen molar-refractivity contribution in [1.29, 1.82) is 0 Å². The number of aliphatic hydroxyl groups is 1. The lowest BCUT2D eigenvalue weighted by molar-refractivity contribution is 0.0914. The Morgan fingerprint density at radius 1 is 1.48 bits per heavy atom. The highest BCUT2D eigenvalue weighted by atomic mass is 32.1. The summed E-state index contributed by atoms with van der Waals surface area (Å²) < 4.78 is 1.66. The molecule has 3 heterocycles. The summed E-state index contributed by atoms with van der Waals surface area (Å²) in [7, 11) is 0. The van der Waals surface area contributed by atoms with Gasteiger partial charge in [0.1, 0.15) is 10.7 Å². The average molecular weight is 359 g/mol. The predicted octanol–water partition coefficient (Wildman–Crippen LogP) is 1.88. The number of carbonyl (C=O) groups is 1. The Morgan fingerprint density at radius 3 is 3.04 bits per heavy atom. The monoisotopic (exact) mass is 359 g/mol. The van der Waals surface area contributed by atoms with E-state index in [1.165, 1.54) is 16.9 Å². The highest BCUT2D eigenvalue weighted by molar-refractivity contribution is 7.19. The van der Waals surface area contributed by atoms with Gasteiger partial charge in [-0.25, -0.2) is 9.97 Å². The van der Waals surface area contributed by atoms with Gasteiger partial charge in [0.15, 0.2) is 5.65 Å². The van der Waals surface area contributed by atoms with Crippen LogP contribution in [0.4, 0.5) is 0 Å². The van der Waals surface area contributed by atoms with Crippen LogP contribution in [0.3, 0.4) is 0 Å². The number of aryl methyl sites for hydroxylation is 2. The maximum absolute atomic E-state index is 12.3. The summed E-state index contributed by atoms with van der Waals surface area (Å²) in [6, 6.07) is 0. The molecule has 0 bridgehead atoms. The third kappa shape index (κ3) is 2.79. The van der Waals surface area contributed by atoms with Gasteiger partial charge in [-0.3, -0.25) is 4.79 Å². The molecule has 3 aromatic heterocycles. The Kier molecular flexibility index (Phi) is 3.96. The molecular weight excluding hydrogens is 338 g/mol. The minimum Gasteiger partial charge on any atom is -0.392 e. The van der Waals surface area contributed by atoms with Crippen molar-refractivity contribution in [3.8, 4) is 0 Å². The Bertz CT molecular complexity index is 975. The number of rotatable bonds is 3. The summed E-state index contributed by atoms with van der Waals surface area (Å²) in [6.45, 7) is 5.93. The van der Waals surface area contributed by atoms with Crippen LogP contribution in [0, 0.1) is 12.8 Å². The lowest BCUT2D eigenvalue weighted by Crippen LogP contribution is -2.31. The maximum atomic E-state index is 12.3. The predicted molar refractivity (Wildman–Crippen MR) is 96.1 cm³/mol. The number of amides is 1. The molecule has 0 radical (unpaired) electrons. The summed E-state index contributed by atoms with van der Waals surface area (Å²) in [6.07, 6.45) is 2.70. The van der Waals surface area contributed by atoms with Crippen LogP contribution in [0.2, 0.25) is 0 Å². The van der Waals surface area contributed by atoms with Crippen LogP contribution in [0.25, 0.3) is 15.9 Å². The first kappa shape index (κ1) is 16.4. The molecule has 0 saturated heterocycles. The molecule has 0 spiro atoms. The van der Waals surface area contributed by atoms with Crippen LogP contribution in [0.1, 0.15) is 47.2 Å². The number of hydrogen-bond donors (Lipinski definition) is 2. The molecule has 132 valence electrons. The van der Waals surface area contributed by atoms with Crippen molar-refractivity contribution in [2.24, 2.45) is 5.92 Å². The fourth-order valence-electron chi connectivity index (χ4n) is 3.36. The summed E-state index contributed by atoms with van der Waals surface area (Å²) in [5.74, 6) is 1.09. The van der Waals surface area contributed by atoms with Crippen LogP contribution in [0.15, 0.2) is 0 Å². The van der Waals surface area contributed by atoms with Crippen LogP contribution in [0.5, 0.6) is 0 Å². The van der Waals surface area contributed by atoms with Gasteiger partial charge in [0, 0.05) is 11.4 Å². The summed E-state index contributed by atoms with van der Waals surface area (Å²) in [5, 5.41) is 17.4. The fourth-order valence-corrected chi connectivity index (χ4v) is 4.62. The molecule has 2 unspecified atom stereocenters. The zero-order valence-electron chi connectivity index (χ0n) is 14.5. The second-order valence-corrected chi connectivity index (χ2v) is 8.00. The minimum atomic E-state index is -0.610. The van der Waals surface area contributed by atoms with Crippen LogP contribution < -0.4 is 5.32 Å². The molecule has 0 fully saturated rings. The Balaban J connectivity index is 1.85. The number of nitrogens with one attached hydrogen (secondary N) is 1. The van der Waals surface area contributed by atoms with Crippen LogP contribution in [-0.2, 0) is 12.8 Å². The summed E-state index contributed by atoms with van der Waals surface area (Å²) >= 11 is 1.74. The molecule has 1 aliphatic rings. The Morgan fingerprint density at radius 2 is 2.28 bits per heavy atom. The number of aliphatic hydroxyl groups excluding tert-OH is 1. The highest BCUT2D eigenvalue weighted by Crippen LogP contribution is 2.38. The quantitative estimate of drug-likeness (QED) is 0.745.